The summed E-state index contributed by atoms with van der Waals surface area (Å²) >= 11 is 0. The van der Waals surface area contributed by atoms with Crippen molar-refractivity contribution in [2.45, 2.75) is 0 Å². The molecule has 6 heteroatoms. The van der Waals surface area contributed by atoms with Crippen molar-refractivity contribution in [3.8, 4) is 24.0 Å². The van der Waals surface area contributed by atoms with Crippen molar-refractivity contribution in [3.63, 3.8) is 0 Å². The van der Waals surface area contributed by atoms with Gasteiger partial charge in [0.1, 0.15) is 35.8 Å². The number of carbonyl (C=O) groups is 1. The third-order valence-corrected chi connectivity index (χ3v) is 4.62. The van der Waals surface area contributed by atoms with Crippen molar-refractivity contribution in [1.82, 2.24) is 0 Å². The highest BCUT2D eigenvalue weighted by molar-refractivity contribution is 5.86. The predicted octanol–water partition coefficient (Wildman–Crippen LogP) is 5.30. The van der Waals surface area contributed by atoms with Gasteiger partial charge in [-0.15, -0.1) is 0 Å². The number of methoxy groups -OCH3 is 1. The predicted molar refractivity (Wildman–Crippen MR) is 117 cm³/mol. The minimum Gasteiger partial charge on any atom is -0.497 e. The van der Waals surface area contributed by atoms with Crippen LogP contribution in [0, 0.1) is 34.0 Å². The Morgan fingerprint density at radius 1 is 0.774 bits per heavy atom. The second kappa shape index (κ2) is 9.56. The molecule has 0 aromatic heterocycles. The van der Waals surface area contributed by atoms with Gasteiger partial charge in [-0.1, -0.05) is 12.1 Å². The lowest BCUT2D eigenvalue weighted by atomic mass is 10.0. The normalized spacial score (nSPS) is 9.48. The summed E-state index contributed by atoms with van der Waals surface area (Å²) in [7, 11) is 1.60. The van der Waals surface area contributed by atoms with Crippen molar-refractivity contribution < 1.29 is 9.53 Å². The van der Waals surface area contributed by atoms with E-state index in [1.165, 1.54) is 0 Å². The second-order valence-electron chi connectivity index (χ2n) is 6.38. The van der Waals surface area contributed by atoms with E-state index in [2.05, 4.69) is 0 Å². The number of allylic oxidation sites excluding steroid dienone is 2. The van der Waals surface area contributed by atoms with E-state index >= 15 is 0 Å². The monoisotopic (exact) mass is 404 g/mol. The summed E-state index contributed by atoms with van der Waals surface area (Å²) in [5, 5.41) is 27.6. The number of nitrogens with zero attached hydrogens (tertiary/aromatic N) is 4. The summed E-state index contributed by atoms with van der Waals surface area (Å²) in [6.45, 7) is 0. The molecule has 0 spiro atoms. The van der Waals surface area contributed by atoms with Gasteiger partial charge < -0.3 is 9.64 Å². The molecule has 0 saturated heterocycles. The smallest absolute Gasteiger partial charge is 0.150 e. The van der Waals surface area contributed by atoms with E-state index < -0.39 is 0 Å². The molecule has 0 fully saturated rings. The third-order valence-electron chi connectivity index (χ3n) is 4.62. The molecule has 0 aliphatic carbocycles. The topological polar surface area (TPSA) is 101 Å². The summed E-state index contributed by atoms with van der Waals surface area (Å²) in [4.78, 5) is 13.0. The molecule has 6 nitrogen and oxygen atoms in total. The maximum atomic E-state index is 11.0. The highest BCUT2D eigenvalue weighted by Gasteiger charge is 2.14. The van der Waals surface area contributed by atoms with Gasteiger partial charge in [0.15, 0.2) is 0 Å². The Morgan fingerprint density at radius 2 is 1.26 bits per heavy atom. The van der Waals surface area contributed by atoms with E-state index in [9.17, 15) is 10.1 Å². The lowest BCUT2D eigenvalue weighted by molar-refractivity contribution is 0.112. The Hall–Kier alpha value is -4.86. The molecule has 148 valence electrons. The molecule has 0 N–H and O–H groups in total. The molecule has 0 aliphatic rings. The van der Waals surface area contributed by atoms with Crippen LogP contribution in [0.4, 0.5) is 17.1 Å². The van der Waals surface area contributed by atoms with E-state index in [1.54, 1.807) is 55.6 Å². The molecule has 0 atom stereocenters. The number of carbonyl (C=O) groups excluding carboxylic acids is 1. The summed E-state index contributed by atoms with van der Waals surface area (Å²) in [5.41, 5.74) is 3.33. The zero-order valence-electron chi connectivity index (χ0n) is 16.6. The molecule has 3 aromatic carbocycles. The zero-order valence-corrected chi connectivity index (χ0v) is 16.6. The summed E-state index contributed by atoms with van der Waals surface area (Å²) in [5.74, 6) is 0.722. The van der Waals surface area contributed by atoms with Crippen LogP contribution in [0.2, 0.25) is 0 Å². The number of anilines is 3. The third kappa shape index (κ3) is 4.43. The number of hydrogen-bond acceptors (Lipinski definition) is 6. The number of ether oxygens (including phenoxy) is 1. The first-order valence-corrected chi connectivity index (χ1v) is 9.19. The summed E-state index contributed by atoms with van der Waals surface area (Å²) in [6, 6.07) is 27.1. The minimum absolute atomic E-state index is 0.0304. The van der Waals surface area contributed by atoms with Crippen molar-refractivity contribution in [2.75, 3.05) is 12.0 Å². The van der Waals surface area contributed by atoms with Gasteiger partial charge in [0.05, 0.1) is 12.7 Å². The molecule has 3 rings (SSSR count). The Kier molecular flexibility index (Phi) is 6.44. The molecule has 0 amide bonds. The summed E-state index contributed by atoms with van der Waals surface area (Å²) in [6.07, 6.45) is 0.786. The van der Waals surface area contributed by atoms with E-state index in [4.69, 9.17) is 15.3 Å². The van der Waals surface area contributed by atoms with E-state index in [0.717, 1.165) is 29.1 Å². The average Bonchev–Trinajstić information content (AvgIpc) is 2.84. The lowest BCUT2D eigenvalue weighted by Crippen LogP contribution is -2.10. The molecule has 0 bridgehead atoms. The van der Waals surface area contributed by atoms with Crippen LogP contribution in [-0.2, 0) is 0 Å². The van der Waals surface area contributed by atoms with Gasteiger partial charge in [-0.2, -0.15) is 15.8 Å². The van der Waals surface area contributed by atoms with Crippen molar-refractivity contribution in [3.05, 3.63) is 89.5 Å². The maximum absolute atomic E-state index is 11.0. The quantitative estimate of drug-likeness (QED) is 0.408. The maximum Gasteiger partial charge on any atom is 0.150 e. The van der Waals surface area contributed by atoms with Crippen molar-refractivity contribution in [1.29, 1.82) is 15.8 Å². The van der Waals surface area contributed by atoms with Crippen LogP contribution in [0.5, 0.6) is 5.75 Å². The fraction of sp³-hybridized carbons (Fsp3) is 0.0400. The van der Waals surface area contributed by atoms with Crippen molar-refractivity contribution in [2.24, 2.45) is 0 Å². The minimum atomic E-state index is -0.230. The van der Waals surface area contributed by atoms with Crippen LogP contribution in [-0.4, -0.2) is 13.4 Å². The molecule has 0 heterocycles. The fourth-order valence-corrected chi connectivity index (χ4v) is 3.06. The van der Waals surface area contributed by atoms with Crippen molar-refractivity contribution >= 4 is 28.9 Å². The molecule has 0 unspecified atom stereocenters. The Labute approximate surface area is 180 Å². The van der Waals surface area contributed by atoms with Crippen LogP contribution >= 0.6 is 0 Å². The molecular weight excluding hydrogens is 388 g/mol. The Bertz CT molecular complexity index is 1220. The largest absolute Gasteiger partial charge is 0.497 e. The highest BCUT2D eigenvalue weighted by atomic mass is 16.5. The Morgan fingerprint density at radius 3 is 1.68 bits per heavy atom. The van der Waals surface area contributed by atoms with Gasteiger partial charge in [-0.05, 0) is 66.2 Å². The Balaban J connectivity index is 2.10. The van der Waals surface area contributed by atoms with Gasteiger partial charge >= 0.3 is 0 Å². The molecule has 0 radical (unpaired) electrons. The van der Waals surface area contributed by atoms with Crippen LogP contribution in [0.15, 0.2) is 78.4 Å². The molecule has 0 aliphatic heterocycles. The standard InChI is InChI=1S/C25H16N4O2/c1-31-24-12-10-23(11-13-24)29(21-6-2-18(17-30)3-7-21)22-8-4-19(5-9-22)25(16-28)20(14-26)15-27/h2-13,17H,1H3. The van der Waals surface area contributed by atoms with E-state index in [-0.39, 0.29) is 11.1 Å². The number of aldehydes is 1. The summed E-state index contributed by atoms with van der Waals surface area (Å²) < 4.78 is 5.24. The number of rotatable bonds is 6. The average molecular weight is 404 g/mol. The van der Waals surface area contributed by atoms with Gasteiger partial charge in [0.2, 0.25) is 0 Å². The first-order valence-electron chi connectivity index (χ1n) is 9.19. The van der Waals surface area contributed by atoms with E-state index in [0.29, 0.717) is 11.1 Å². The molecule has 31 heavy (non-hydrogen) atoms. The first-order chi connectivity index (χ1) is 15.1. The van der Waals surface area contributed by atoms with Gasteiger partial charge in [-0.3, -0.25) is 4.79 Å². The SMILES string of the molecule is COc1ccc(N(c2ccc(C=O)cc2)c2ccc(C(C#N)=C(C#N)C#N)cc2)cc1. The number of benzene rings is 3. The van der Waals surface area contributed by atoms with Gasteiger partial charge in [0, 0.05) is 22.6 Å². The fourth-order valence-electron chi connectivity index (χ4n) is 3.06. The van der Waals surface area contributed by atoms with Crippen LogP contribution in [0.3, 0.4) is 0 Å². The second-order valence-corrected chi connectivity index (χ2v) is 6.38. The lowest BCUT2D eigenvalue weighted by Gasteiger charge is -2.26. The highest BCUT2D eigenvalue weighted by Crippen LogP contribution is 2.36. The van der Waals surface area contributed by atoms with Crippen LogP contribution < -0.4 is 9.64 Å². The number of nitriles is 3. The first kappa shape index (κ1) is 20.9. The molecule has 0 saturated carbocycles. The van der Waals surface area contributed by atoms with Crippen LogP contribution in [0.25, 0.3) is 5.57 Å². The molecular formula is C25H16N4O2. The van der Waals surface area contributed by atoms with E-state index in [1.807, 2.05) is 47.4 Å². The van der Waals surface area contributed by atoms with Crippen LogP contribution in [0.1, 0.15) is 15.9 Å². The van der Waals surface area contributed by atoms with Gasteiger partial charge in [-0.25, -0.2) is 0 Å². The molecule has 3 aromatic rings. The zero-order chi connectivity index (χ0) is 22.2. The van der Waals surface area contributed by atoms with Gasteiger partial charge in [0.25, 0.3) is 0 Å². The number of hydrogen-bond donors (Lipinski definition) is 0.